The van der Waals surface area contributed by atoms with Crippen molar-refractivity contribution in [3.8, 4) is 0 Å². The molecule has 1 aliphatic heterocycles. The van der Waals surface area contributed by atoms with Crippen LogP contribution in [0.1, 0.15) is 83.5 Å². The maximum Gasteiger partial charge on any atom is 0.481 e. The van der Waals surface area contributed by atoms with Gasteiger partial charge in [-0.15, -0.1) is 0 Å². The molecule has 1 aromatic rings. The number of hydrogen-bond acceptors (Lipinski definition) is 8. The highest BCUT2D eigenvalue weighted by Crippen LogP contribution is 2.65. The van der Waals surface area contributed by atoms with Gasteiger partial charge in [-0.05, 0) is 73.6 Å². The lowest BCUT2D eigenvalue weighted by molar-refractivity contribution is -0.525. The standard InChI is InChI=1S/C27H42BN5O6S/c1-16(2)11-23(28-38-22-14-19-13-21(26(19,3)4)27(22,5)39-28)31-24(35)17(12-20(34)18-8-10-40-15-18)7-6-9-30-25(29)32-33(36)37/h8,10,15-17,19,21-23H,6-7,9,11-14H2,1-5H3,(H,31,35)(H3,29,30,32)/t17-,19+,21+,22-,23+,27+/m1/s1. The Morgan fingerprint density at radius 1 is 1.32 bits per heavy atom. The van der Waals surface area contributed by atoms with Gasteiger partial charge in [0.25, 0.3) is 5.96 Å². The number of amides is 1. The number of nitrogens with zero attached hydrogens (tertiary/aromatic N) is 2. The van der Waals surface area contributed by atoms with Crippen LogP contribution < -0.4 is 16.5 Å². The second-order valence-electron chi connectivity index (χ2n) is 12.7. The summed E-state index contributed by atoms with van der Waals surface area (Å²) >= 11 is 1.43. The lowest BCUT2D eigenvalue weighted by atomic mass is 9.43. The van der Waals surface area contributed by atoms with Gasteiger partial charge in [0.05, 0.1) is 17.6 Å². The van der Waals surface area contributed by atoms with Crippen molar-refractivity contribution in [1.82, 2.24) is 10.7 Å². The maximum atomic E-state index is 13.7. The molecule has 1 aromatic heterocycles. The molecule has 13 heteroatoms. The Hall–Kier alpha value is -2.51. The van der Waals surface area contributed by atoms with Gasteiger partial charge >= 0.3 is 7.12 Å². The summed E-state index contributed by atoms with van der Waals surface area (Å²) in [5.74, 6) is -0.266. The molecule has 0 radical (unpaired) electrons. The SMILES string of the molecule is CC(C)C[C@H](NC(=O)[C@H](CCCN=C(N)N[N+](=O)[O-])CC(=O)c1ccsc1)B1O[C@@H]2C[C@@H]3C[C@@H](C3(C)C)[C@]2(C)O1. The second-order valence-corrected chi connectivity index (χ2v) is 13.5. The number of nitrogens with one attached hydrogen (secondary N) is 2. The Kier molecular flexibility index (Phi) is 9.26. The number of nitrogens with two attached hydrogens (primary N) is 1. The Morgan fingerprint density at radius 3 is 2.70 bits per heavy atom. The first-order chi connectivity index (χ1) is 18.8. The zero-order valence-electron chi connectivity index (χ0n) is 24.1. The molecule has 2 heterocycles. The highest BCUT2D eigenvalue weighted by Gasteiger charge is 2.68. The third-order valence-corrected chi connectivity index (χ3v) is 9.88. The first kappa shape index (κ1) is 30.5. The summed E-state index contributed by atoms with van der Waals surface area (Å²) < 4.78 is 13.2. The molecule has 3 saturated carbocycles. The normalized spacial score (nSPS) is 28.4. The predicted octanol–water partition coefficient (Wildman–Crippen LogP) is 3.61. The summed E-state index contributed by atoms with van der Waals surface area (Å²) in [6.45, 7) is 11.2. The first-order valence-corrected chi connectivity index (χ1v) is 15.2. The van der Waals surface area contributed by atoms with Crippen molar-refractivity contribution in [1.29, 1.82) is 0 Å². The number of hydrogen-bond donors (Lipinski definition) is 3. The Balaban J connectivity index is 1.45. The summed E-state index contributed by atoms with van der Waals surface area (Å²) in [6, 6.07) is 1.76. The van der Waals surface area contributed by atoms with E-state index in [9.17, 15) is 19.7 Å². The highest BCUT2D eigenvalue weighted by molar-refractivity contribution is 7.08. The van der Waals surface area contributed by atoms with Crippen molar-refractivity contribution in [2.24, 2.45) is 39.8 Å². The average Bonchev–Trinajstić information content (AvgIpc) is 3.52. The van der Waals surface area contributed by atoms with Crippen LogP contribution in [-0.2, 0) is 14.1 Å². The van der Waals surface area contributed by atoms with E-state index in [1.165, 1.54) is 11.3 Å². The number of rotatable bonds is 13. The van der Waals surface area contributed by atoms with Gasteiger partial charge < -0.3 is 20.4 Å². The van der Waals surface area contributed by atoms with Crippen molar-refractivity contribution < 1.29 is 23.9 Å². The highest BCUT2D eigenvalue weighted by atomic mass is 32.1. The Labute approximate surface area is 240 Å². The van der Waals surface area contributed by atoms with E-state index in [1.54, 1.807) is 16.9 Å². The van der Waals surface area contributed by atoms with Crippen molar-refractivity contribution in [3.05, 3.63) is 32.5 Å². The number of aliphatic imine (C=N–C) groups is 1. The van der Waals surface area contributed by atoms with Crippen LogP contribution in [0.3, 0.4) is 0 Å². The van der Waals surface area contributed by atoms with Gasteiger partial charge in [0.15, 0.2) is 10.8 Å². The molecule has 11 nitrogen and oxygen atoms in total. The van der Waals surface area contributed by atoms with E-state index >= 15 is 0 Å². The third kappa shape index (κ3) is 6.52. The fourth-order valence-electron chi connectivity index (χ4n) is 6.87. The van der Waals surface area contributed by atoms with E-state index in [2.05, 4.69) is 44.9 Å². The summed E-state index contributed by atoms with van der Waals surface area (Å²) in [6.07, 6.45) is 3.64. The average molecular weight is 576 g/mol. The van der Waals surface area contributed by atoms with Crippen LogP contribution in [0.4, 0.5) is 0 Å². The molecule has 2 bridgehead atoms. The zero-order valence-corrected chi connectivity index (χ0v) is 24.9. The molecule has 5 rings (SSSR count). The van der Waals surface area contributed by atoms with Crippen LogP contribution in [-0.4, -0.2) is 54.0 Å². The van der Waals surface area contributed by atoms with Gasteiger partial charge in [0.1, 0.15) is 0 Å². The smallest absolute Gasteiger partial charge is 0.404 e. The molecule has 1 amide bonds. The van der Waals surface area contributed by atoms with Gasteiger partial charge in [0, 0.05) is 29.8 Å². The van der Waals surface area contributed by atoms with Gasteiger partial charge in [-0.25, -0.2) is 15.1 Å². The minimum Gasteiger partial charge on any atom is -0.404 e. The molecule has 4 aliphatic rings. The topological polar surface area (TPSA) is 158 Å². The van der Waals surface area contributed by atoms with Crippen LogP contribution in [0.5, 0.6) is 0 Å². The van der Waals surface area contributed by atoms with Gasteiger partial charge in [-0.3, -0.25) is 9.59 Å². The number of carbonyl (C=O) groups excluding carboxylic acids is 2. The number of Topliss-reactive ketones (excluding diaryl/α,β-unsaturated/α-hetero) is 1. The van der Waals surface area contributed by atoms with Gasteiger partial charge in [-0.2, -0.15) is 11.3 Å². The molecule has 1 saturated heterocycles. The van der Waals surface area contributed by atoms with Crippen LogP contribution >= 0.6 is 11.3 Å². The van der Waals surface area contributed by atoms with E-state index in [1.807, 2.05) is 5.38 Å². The molecule has 40 heavy (non-hydrogen) atoms. The second kappa shape index (κ2) is 12.2. The Bertz CT molecular complexity index is 1110. The fraction of sp³-hybridized carbons (Fsp3) is 0.741. The van der Waals surface area contributed by atoms with Gasteiger partial charge in [-0.1, -0.05) is 33.1 Å². The van der Waals surface area contributed by atoms with E-state index in [0.717, 1.165) is 12.8 Å². The minimum absolute atomic E-state index is 0.00732. The number of guanidine groups is 1. The van der Waals surface area contributed by atoms with Crippen LogP contribution in [0.15, 0.2) is 21.8 Å². The first-order valence-electron chi connectivity index (χ1n) is 14.2. The van der Waals surface area contributed by atoms with Crippen molar-refractivity contribution in [2.75, 3.05) is 6.54 Å². The third-order valence-electron chi connectivity index (χ3n) is 9.19. The lowest BCUT2D eigenvalue weighted by Gasteiger charge is -2.64. The molecular weight excluding hydrogens is 533 g/mol. The maximum absolute atomic E-state index is 13.7. The zero-order chi connectivity index (χ0) is 29.2. The molecule has 3 aliphatic carbocycles. The summed E-state index contributed by atoms with van der Waals surface area (Å²) in [7, 11) is -0.553. The summed E-state index contributed by atoms with van der Waals surface area (Å²) in [4.78, 5) is 41.2. The van der Waals surface area contributed by atoms with Gasteiger partial charge in [0.2, 0.25) is 5.91 Å². The van der Waals surface area contributed by atoms with E-state index in [-0.39, 0.29) is 59.6 Å². The minimum atomic E-state index is -0.780. The molecule has 0 unspecified atom stereocenters. The summed E-state index contributed by atoms with van der Waals surface area (Å²) in [5.41, 5.74) is 7.73. The Morgan fingerprint density at radius 2 is 2.08 bits per heavy atom. The molecule has 220 valence electrons. The fourth-order valence-corrected chi connectivity index (χ4v) is 7.53. The molecule has 4 fully saturated rings. The van der Waals surface area contributed by atoms with Crippen molar-refractivity contribution in [2.45, 2.75) is 90.8 Å². The lowest BCUT2D eigenvalue weighted by Crippen LogP contribution is -2.65. The van der Waals surface area contributed by atoms with Crippen LogP contribution in [0.25, 0.3) is 0 Å². The molecule has 0 aromatic carbocycles. The van der Waals surface area contributed by atoms with E-state index < -0.39 is 18.1 Å². The number of nitro groups is 1. The molecule has 0 spiro atoms. The predicted molar refractivity (Wildman–Crippen MR) is 154 cm³/mol. The largest absolute Gasteiger partial charge is 0.481 e. The van der Waals surface area contributed by atoms with Crippen molar-refractivity contribution in [3.63, 3.8) is 0 Å². The number of thiophene rings is 1. The number of hydrazine groups is 1. The van der Waals surface area contributed by atoms with Crippen LogP contribution in [0.2, 0.25) is 0 Å². The molecule has 4 N–H and O–H groups in total. The molecule has 6 atom stereocenters. The number of carbonyl (C=O) groups is 2. The molecular formula is C27H42BN5O6S. The monoisotopic (exact) mass is 575 g/mol. The van der Waals surface area contributed by atoms with E-state index in [0.29, 0.717) is 36.7 Å². The van der Waals surface area contributed by atoms with Crippen LogP contribution in [0, 0.1) is 39.2 Å². The number of ketones is 1. The van der Waals surface area contributed by atoms with E-state index in [4.69, 9.17) is 15.0 Å². The van der Waals surface area contributed by atoms with Crippen molar-refractivity contribution >= 4 is 36.1 Å². The summed E-state index contributed by atoms with van der Waals surface area (Å²) in [5, 5.41) is 16.6. The quantitative estimate of drug-likeness (QED) is 0.0612.